The number of rotatable bonds is 4. The average molecular weight is 385 g/mol. The molecule has 0 unspecified atom stereocenters. The zero-order valence-electron chi connectivity index (χ0n) is 15.5. The Morgan fingerprint density at radius 3 is 2.00 bits per heavy atom. The third-order valence-corrected chi connectivity index (χ3v) is 3.76. The van der Waals surface area contributed by atoms with Gasteiger partial charge in [0.15, 0.2) is 0 Å². The molecule has 146 valence electrons. The van der Waals surface area contributed by atoms with Crippen molar-refractivity contribution >= 4 is 40.8 Å². The van der Waals surface area contributed by atoms with E-state index in [-0.39, 0.29) is 22.5 Å². The van der Waals surface area contributed by atoms with Gasteiger partial charge in [0, 0.05) is 0 Å². The van der Waals surface area contributed by atoms with Crippen LogP contribution < -0.4 is 16.4 Å². The van der Waals surface area contributed by atoms with Gasteiger partial charge in [-0.2, -0.15) is 0 Å². The molecule has 0 fully saturated rings. The van der Waals surface area contributed by atoms with Crippen molar-refractivity contribution in [3.63, 3.8) is 0 Å². The van der Waals surface area contributed by atoms with Crippen molar-refractivity contribution in [2.24, 2.45) is 0 Å². The van der Waals surface area contributed by atoms with E-state index in [9.17, 15) is 19.2 Å². The standard InChI is InChI=1S/C19H19N3O6/c1-10-4-7-14(13(20)8-10)21-16(23)17(24)22-15-9-11(18(25)27-2)5-6-12(15)19(26)28-3/h4-9H,20H2,1-3H3,(H,21,23)(H,22,24). The van der Waals surface area contributed by atoms with Gasteiger partial charge in [-0.25, -0.2) is 9.59 Å². The highest BCUT2D eigenvalue weighted by Gasteiger charge is 2.21. The summed E-state index contributed by atoms with van der Waals surface area (Å²) in [6, 6.07) is 8.75. The highest BCUT2D eigenvalue weighted by molar-refractivity contribution is 6.44. The summed E-state index contributed by atoms with van der Waals surface area (Å²) in [5.74, 6) is -3.50. The molecule has 9 heteroatoms. The number of hydrogen-bond acceptors (Lipinski definition) is 7. The number of aryl methyl sites for hydroxylation is 1. The molecule has 0 bridgehead atoms. The summed E-state index contributed by atoms with van der Waals surface area (Å²) in [7, 11) is 2.35. The quantitative estimate of drug-likeness (QED) is 0.414. The lowest BCUT2D eigenvalue weighted by Gasteiger charge is -2.12. The largest absolute Gasteiger partial charge is 0.465 e. The van der Waals surface area contributed by atoms with Crippen molar-refractivity contribution in [1.29, 1.82) is 0 Å². The summed E-state index contributed by atoms with van der Waals surface area (Å²) in [6.07, 6.45) is 0. The van der Waals surface area contributed by atoms with E-state index in [1.807, 2.05) is 6.92 Å². The normalized spacial score (nSPS) is 9.96. The number of carbonyl (C=O) groups is 4. The maximum Gasteiger partial charge on any atom is 0.339 e. The number of carbonyl (C=O) groups excluding carboxylic acids is 4. The Hall–Kier alpha value is -3.88. The Labute approximate surface area is 160 Å². The van der Waals surface area contributed by atoms with Gasteiger partial charge in [-0.05, 0) is 42.8 Å². The van der Waals surface area contributed by atoms with Gasteiger partial charge in [0.2, 0.25) is 0 Å². The molecule has 9 nitrogen and oxygen atoms in total. The number of benzene rings is 2. The van der Waals surface area contributed by atoms with E-state index < -0.39 is 23.8 Å². The number of amides is 2. The monoisotopic (exact) mass is 385 g/mol. The van der Waals surface area contributed by atoms with Crippen molar-refractivity contribution in [3.8, 4) is 0 Å². The van der Waals surface area contributed by atoms with Crippen molar-refractivity contribution in [1.82, 2.24) is 0 Å². The Bertz CT molecular complexity index is 955. The summed E-state index contributed by atoms with van der Waals surface area (Å²) in [4.78, 5) is 48.1. The molecule has 0 spiro atoms. The first-order valence-electron chi connectivity index (χ1n) is 8.06. The predicted octanol–water partition coefficient (Wildman–Crippen LogP) is 1.73. The fourth-order valence-electron chi connectivity index (χ4n) is 2.33. The van der Waals surface area contributed by atoms with Crippen LogP contribution in [0.5, 0.6) is 0 Å². The summed E-state index contributed by atoms with van der Waals surface area (Å²) in [6.45, 7) is 1.83. The van der Waals surface area contributed by atoms with Crippen LogP contribution in [0.3, 0.4) is 0 Å². The molecule has 0 saturated heterocycles. The van der Waals surface area contributed by atoms with Crippen LogP contribution in [-0.4, -0.2) is 38.0 Å². The minimum atomic E-state index is -1.06. The average Bonchev–Trinajstić information content (AvgIpc) is 2.68. The van der Waals surface area contributed by atoms with Crippen LogP contribution in [0.2, 0.25) is 0 Å². The molecule has 2 amide bonds. The van der Waals surface area contributed by atoms with Crippen LogP contribution in [0, 0.1) is 6.92 Å². The van der Waals surface area contributed by atoms with Gasteiger partial charge < -0.3 is 25.8 Å². The number of ether oxygens (including phenoxy) is 2. The van der Waals surface area contributed by atoms with Crippen molar-refractivity contribution in [3.05, 3.63) is 53.1 Å². The van der Waals surface area contributed by atoms with Crippen molar-refractivity contribution in [2.45, 2.75) is 6.92 Å². The molecule has 4 N–H and O–H groups in total. The molecule has 2 aromatic rings. The molecule has 28 heavy (non-hydrogen) atoms. The predicted molar refractivity (Wildman–Crippen MR) is 102 cm³/mol. The van der Waals surface area contributed by atoms with Crippen molar-refractivity contribution < 1.29 is 28.7 Å². The summed E-state index contributed by atoms with van der Waals surface area (Å²) < 4.78 is 9.26. The Morgan fingerprint density at radius 2 is 1.43 bits per heavy atom. The van der Waals surface area contributed by atoms with Crippen molar-refractivity contribution in [2.75, 3.05) is 30.6 Å². The van der Waals surface area contributed by atoms with Crippen LogP contribution >= 0.6 is 0 Å². The Kier molecular flexibility index (Phi) is 6.33. The van der Waals surface area contributed by atoms with E-state index in [2.05, 4.69) is 20.1 Å². The van der Waals surface area contributed by atoms with Gasteiger partial charge in [-0.15, -0.1) is 0 Å². The number of hydrogen-bond donors (Lipinski definition) is 3. The van der Waals surface area contributed by atoms with E-state index in [1.165, 1.54) is 25.3 Å². The lowest BCUT2D eigenvalue weighted by Crippen LogP contribution is -2.30. The lowest BCUT2D eigenvalue weighted by atomic mass is 10.1. The first-order chi connectivity index (χ1) is 13.3. The van der Waals surface area contributed by atoms with Gasteiger partial charge >= 0.3 is 23.8 Å². The topological polar surface area (TPSA) is 137 Å². The van der Waals surface area contributed by atoms with Gasteiger partial charge in [0.05, 0.1) is 42.4 Å². The fourth-order valence-corrected chi connectivity index (χ4v) is 2.33. The number of methoxy groups -OCH3 is 2. The second-order valence-electron chi connectivity index (χ2n) is 5.74. The third kappa shape index (κ3) is 4.64. The molecule has 0 radical (unpaired) electrons. The second kappa shape index (κ2) is 8.67. The Balaban J connectivity index is 2.26. The number of nitrogens with one attached hydrogen (secondary N) is 2. The molecule has 0 aromatic heterocycles. The zero-order valence-corrected chi connectivity index (χ0v) is 15.5. The van der Waals surface area contributed by atoms with E-state index >= 15 is 0 Å². The van der Waals surface area contributed by atoms with Gasteiger partial charge in [-0.1, -0.05) is 6.07 Å². The van der Waals surface area contributed by atoms with E-state index in [0.29, 0.717) is 5.69 Å². The first-order valence-corrected chi connectivity index (χ1v) is 8.06. The molecule has 0 heterocycles. The molecule has 2 rings (SSSR count). The molecule has 0 aliphatic rings. The molecule has 2 aromatic carbocycles. The first kappa shape index (κ1) is 20.4. The van der Waals surface area contributed by atoms with Crippen LogP contribution in [0.15, 0.2) is 36.4 Å². The van der Waals surface area contributed by atoms with Crippen LogP contribution in [0.1, 0.15) is 26.3 Å². The second-order valence-corrected chi connectivity index (χ2v) is 5.74. The smallest absolute Gasteiger partial charge is 0.339 e. The van der Waals surface area contributed by atoms with E-state index in [4.69, 9.17) is 5.73 Å². The molecule has 0 aliphatic heterocycles. The number of anilines is 3. The summed E-state index contributed by atoms with van der Waals surface area (Å²) in [5.41, 5.74) is 7.23. The SMILES string of the molecule is COC(=O)c1ccc(C(=O)OC)c(NC(=O)C(=O)Nc2ccc(C)cc2N)c1. The summed E-state index contributed by atoms with van der Waals surface area (Å²) in [5, 5.41) is 4.68. The van der Waals surface area contributed by atoms with E-state index in [0.717, 1.165) is 12.7 Å². The van der Waals surface area contributed by atoms with Gasteiger partial charge in [-0.3, -0.25) is 9.59 Å². The fraction of sp³-hybridized carbons (Fsp3) is 0.158. The van der Waals surface area contributed by atoms with Gasteiger partial charge in [0.1, 0.15) is 0 Å². The third-order valence-electron chi connectivity index (χ3n) is 3.76. The molecule has 0 atom stereocenters. The molecule has 0 aliphatic carbocycles. The molecule has 0 saturated carbocycles. The lowest BCUT2D eigenvalue weighted by molar-refractivity contribution is -0.132. The maximum atomic E-state index is 12.3. The zero-order chi connectivity index (χ0) is 20.8. The highest BCUT2D eigenvalue weighted by Crippen LogP contribution is 2.21. The summed E-state index contributed by atoms with van der Waals surface area (Å²) >= 11 is 0. The van der Waals surface area contributed by atoms with Crippen LogP contribution in [0.25, 0.3) is 0 Å². The molecular weight excluding hydrogens is 366 g/mol. The van der Waals surface area contributed by atoms with Gasteiger partial charge in [0.25, 0.3) is 0 Å². The number of nitrogens with two attached hydrogens (primary N) is 1. The minimum Gasteiger partial charge on any atom is -0.465 e. The minimum absolute atomic E-state index is 0.0360. The Morgan fingerprint density at radius 1 is 0.821 bits per heavy atom. The maximum absolute atomic E-state index is 12.3. The van der Waals surface area contributed by atoms with E-state index in [1.54, 1.807) is 18.2 Å². The van der Waals surface area contributed by atoms with Crippen LogP contribution in [0.4, 0.5) is 17.1 Å². The molecular formula is C19H19N3O6. The highest BCUT2D eigenvalue weighted by atomic mass is 16.5. The number of esters is 2. The number of nitrogen functional groups attached to an aromatic ring is 1. The van der Waals surface area contributed by atoms with Crippen LogP contribution in [-0.2, 0) is 19.1 Å².